The molecule has 2 heteroatoms. The van der Waals surface area contributed by atoms with E-state index in [0.29, 0.717) is 12.2 Å². The van der Waals surface area contributed by atoms with Crippen molar-refractivity contribution in [2.24, 2.45) is 0 Å². The Labute approximate surface area is 171 Å². The monoisotopic (exact) mass is 380 g/mol. The van der Waals surface area contributed by atoms with Crippen molar-refractivity contribution in [2.75, 3.05) is 0 Å². The molecule has 1 unspecified atom stereocenters. The van der Waals surface area contributed by atoms with Gasteiger partial charge in [-0.15, -0.1) is 0 Å². The molecule has 0 radical (unpaired) electrons. The fourth-order valence-corrected chi connectivity index (χ4v) is 3.55. The predicted octanol–water partition coefficient (Wildman–Crippen LogP) is 6.26. The summed E-state index contributed by atoms with van der Waals surface area (Å²) in [7, 11) is 0. The van der Waals surface area contributed by atoms with Gasteiger partial charge in [-0.05, 0) is 67.5 Å². The molecule has 0 saturated heterocycles. The van der Waals surface area contributed by atoms with Gasteiger partial charge in [0.15, 0.2) is 0 Å². The van der Waals surface area contributed by atoms with E-state index in [2.05, 4.69) is 56.9 Å². The number of phenolic OH excluding ortho intramolecular Hbond substituents is 1. The third-order valence-electron chi connectivity index (χ3n) is 5.50. The van der Waals surface area contributed by atoms with Crippen LogP contribution < -0.4 is 0 Å². The topological polar surface area (TPSA) is 40.5 Å². The largest absolute Gasteiger partial charge is 0.508 e. The quantitative estimate of drug-likeness (QED) is 0.601. The second kappa shape index (κ2) is 10.9. The molecule has 2 nitrogen and oxygen atoms in total. The number of aryl methyl sites for hydroxylation is 2. The normalized spacial score (nSPS) is 11.7. The number of rotatable bonds is 5. The van der Waals surface area contributed by atoms with Gasteiger partial charge in [-0.2, -0.15) is 0 Å². The lowest BCUT2D eigenvalue weighted by Gasteiger charge is -2.34. The van der Waals surface area contributed by atoms with Gasteiger partial charge in [-0.25, -0.2) is 0 Å². The molecule has 0 amide bonds. The standard InChI is InChI=1S/C24H30O2.C2H6/c1-6-22(25)13-10-19-9-11-20(15-17(19)4)24(7-2,8-3)21-12-14-23(26)18(5)16-21;1-2/h9,11-12,14-16,22,25-26H,6-8H2,1-5H3;1-2H3. The number of aliphatic hydroxyl groups is 1. The minimum atomic E-state index is -0.570. The molecule has 0 fully saturated rings. The molecule has 152 valence electrons. The maximum absolute atomic E-state index is 9.89. The van der Waals surface area contributed by atoms with Gasteiger partial charge in [0.1, 0.15) is 11.9 Å². The van der Waals surface area contributed by atoms with Crippen LogP contribution in [-0.4, -0.2) is 16.3 Å². The Kier molecular flexibility index (Phi) is 9.29. The zero-order valence-corrected chi connectivity index (χ0v) is 18.6. The molecule has 1 atom stereocenters. The van der Waals surface area contributed by atoms with Gasteiger partial charge >= 0.3 is 0 Å². The van der Waals surface area contributed by atoms with E-state index < -0.39 is 6.10 Å². The summed E-state index contributed by atoms with van der Waals surface area (Å²) in [6, 6.07) is 12.4. The molecule has 28 heavy (non-hydrogen) atoms. The molecule has 2 aromatic carbocycles. The van der Waals surface area contributed by atoms with Crippen LogP contribution >= 0.6 is 0 Å². The third kappa shape index (κ3) is 5.18. The molecule has 0 aromatic heterocycles. The van der Waals surface area contributed by atoms with E-state index in [9.17, 15) is 10.2 Å². The van der Waals surface area contributed by atoms with Crippen LogP contribution in [0, 0.1) is 25.7 Å². The van der Waals surface area contributed by atoms with E-state index in [0.717, 1.165) is 29.5 Å². The highest BCUT2D eigenvalue weighted by atomic mass is 16.3. The average Bonchev–Trinajstić information content (AvgIpc) is 2.72. The maximum Gasteiger partial charge on any atom is 0.118 e. The van der Waals surface area contributed by atoms with Gasteiger partial charge in [0.2, 0.25) is 0 Å². The molecular formula is C26H36O2. The number of benzene rings is 2. The van der Waals surface area contributed by atoms with Crippen LogP contribution in [0.2, 0.25) is 0 Å². The molecule has 2 rings (SSSR count). The summed E-state index contributed by atoms with van der Waals surface area (Å²) in [5.74, 6) is 6.34. The predicted molar refractivity (Wildman–Crippen MR) is 120 cm³/mol. The van der Waals surface area contributed by atoms with Crippen LogP contribution in [0.3, 0.4) is 0 Å². The third-order valence-corrected chi connectivity index (χ3v) is 5.50. The van der Waals surface area contributed by atoms with Crippen molar-refractivity contribution < 1.29 is 10.2 Å². The first-order valence-corrected chi connectivity index (χ1v) is 10.5. The molecular weight excluding hydrogens is 344 g/mol. The number of hydrogen-bond acceptors (Lipinski definition) is 2. The summed E-state index contributed by atoms with van der Waals surface area (Å²) in [5, 5.41) is 19.6. The van der Waals surface area contributed by atoms with Crippen LogP contribution in [0.1, 0.15) is 81.7 Å². The maximum atomic E-state index is 9.89. The van der Waals surface area contributed by atoms with Crippen molar-refractivity contribution in [1.29, 1.82) is 0 Å². The lowest BCUT2D eigenvalue weighted by molar-refractivity contribution is 0.228. The highest BCUT2D eigenvalue weighted by Gasteiger charge is 2.31. The molecule has 2 N–H and O–H groups in total. The van der Waals surface area contributed by atoms with Crippen molar-refractivity contribution in [3.63, 3.8) is 0 Å². The molecule has 0 aliphatic rings. The molecule has 0 heterocycles. The van der Waals surface area contributed by atoms with E-state index in [1.807, 2.05) is 33.8 Å². The van der Waals surface area contributed by atoms with Crippen molar-refractivity contribution in [3.05, 3.63) is 64.2 Å². The Morgan fingerprint density at radius 3 is 1.89 bits per heavy atom. The van der Waals surface area contributed by atoms with Crippen LogP contribution in [0.25, 0.3) is 0 Å². The van der Waals surface area contributed by atoms with E-state index >= 15 is 0 Å². The highest BCUT2D eigenvalue weighted by molar-refractivity contribution is 5.49. The van der Waals surface area contributed by atoms with Crippen molar-refractivity contribution in [2.45, 2.75) is 79.2 Å². The smallest absolute Gasteiger partial charge is 0.118 e. The van der Waals surface area contributed by atoms with Crippen molar-refractivity contribution in [3.8, 4) is 17.6 Å². The van der Waals surface area contributed by atoms with Gasteiger partial charge in [0, 0.05) is 11.0 Å². The molecule has 2 aromatic rings. The first kappa shape index (κ1) is 23.8. The fourth-order valence-electron chi connectivity index (χ4n) is 3.55. The lowest BCUT2D eigenvalue weighted by atomic mass is 9.70. The first-order chi connectivity index (χ1) is 13.4. The SMILES string of the molecule is CC.CCC(O)C#Cc1ccc(C(CC)(CC)c2ccc(O)c(C)c2)cc1C. The molecule has 0 spiro atoms. The second-order valence-corrected chi connectivity index (χ2v) is 7.01. The summed E-state index contributed by atoms with van der Waals surface area (Å²) < 4.78 is 0. The van der Waals surface area contributed by atoms with Crippen molar-refractivity contribution in [1.82, 2.24) is 0 Å². The van der Waals surface area contributed by atoms with Crippen LogP contribution in [0.15, 0.2) is 36.4 Å². The number of aliphatic hydroxyl groups excluding tert-OH is 1. The number of aromatic hydroxyl groups is 1. The zero-order chi connectivity index (χ0) is 21.3. The van der Waals surface area contributed by atoms with E-state index in [1.165, 1.54) is 11.1 Å². The van der Waals surface area contributed by atoms with Crippen LogP contribution in [-0.2, 0) is 5.41 Å². The summed E-state index contributed by atoms with van der Waals surface area (Å²) in [6.07, 6.45) is 2.03. The van der Waals surface area contributed by atoms with Crippen LogP contribution in [0.5, 0.6) is 5.75 Å². The van der Waals surface area contributed by atoms with E-state index in [-0.39, 0.29) is 5.41 Å². The Balaban J connectivity index is 0.00000190. The van der Waals surface area contributed by atoms with E-state index in [1.54, 1.807) is 6.07 Å². The van der Waals surface area contributed by atoms with Gasteiger partial charge in [0.25, 0.3) is 0 Å². The Hall–Kier alpha value is -2.24. The molecule has 0 saturated carbocycles. The fraction of sp³-hybridized carbons (Fsp3) is 0.462. The zero-order valence-electron chi connectivity index (χ0n) is 18.6. The first-order valence-electron chi connectivity index (χ1n) is 10.5. The minimum absolute atomic E-state index is 0.0852. The second-order valence-electron chi connectivity index (χ2n) is 7.01. The molecule has 0 aliphatic heterocycles. The molecule has 0 bridgehead atoms. The summed E-state index contributed by atoms with van der Waals surface area (Å²) in [5.41, 5.74) is 5.41. The van der Waals surface area contributed by atoms with Gasteiger partial charge in [-0.1, -0.05) is 70.7 Å². The summed E-state index contributed by atoms with van der Waals surface area (Å²) in [6.45, 7) is 14.4. The van der Waals surface area contributed by atoms with Crippen LogP contribution in [0.4, 0.5) is 0 Å². The Morgan fingerprint density at radius 1 is 0.893 bits per heavy atom. The average molecular weight is 381 g/mol. The summed E-state index contributed by atoms with van der Waals surface area (Å²) >= 11 is 0. The van der Waals surface area contributed by atoms with Crippen molar-refractivity contribution >= 4 is 0 Å². The van der Waals surface area contributed by atoms with Gasteiger partial charge < -0.3 is 10.2 Å². The van der Waals surface area contributed by atoms with Gasteiger partial charge in [-0.3, -0.25) is 0 Å². The highest BCUT2D eigenvalue weighted by Crippen LogP contribution is 2.40. The number of hydrogen-bond donors (Lipinski definition) is 2. The Bertz CT molecular complexity index is 820. The number of phenols is 1. The lowest BCUT2D eigenvalue weighted by Crippen LogP contribution is -2.26. The molecule has 0 aliphatic carbocycles. The van der Waals surface area contributed by atoms with Gasteiger partial charge in [0.05, 0.1) is 0 Å². The van der Waals surface area contributed by atoms with E-state index in [4.69, 9.17) is 0 Å². The Morgan fingerprint density at radius 2 is 1.43 bits per heavy atom. The minimum Gasteiger partial charge on any atom is -0.508 e. The summed E-state index contributed by atoms with van der Waals surface area (Å²) in [4.78, 5) is 0.